The maximum atomic E-state index is 5.43. The first-order chi connectivity index (χ1) is 31.5. The lowest BCUT2D eigenvalue weighted by Crippen LogP contribution is -2.29. The average molecular weight is 816 g/mol. The number of benzene rings is 8. The lowest BCUT2D eigenvalue weighted by molar-refractivity contribution is 0.660. The third kappa shape index (κ3) is 5.19. The summed E-state index contributed by atoms with van der Waals surface area (Å²) in [5.41, 5.74) is 24.2. The Morgan fingerprint density at radius 1 is 0.312 bits per heavy atom. The Hall–Kier alpha value is -8.01. The molecule has 0 amide bonds. The Balaban J connectivity index is 1.10. The van der Waals surface area contributed by atoms with E-state index in [1.165, 1.54) is 77.9 Å². The van der Waals surface area contributed by atoms with Crippen LogP contribution in [0.15, 0.2) is 213 Å². The quantitative estimate of drug-likeness (QED) is 0.178. The first kappa shape index (κ1) is 36.6. The molecule has 0 bridgehead atoms. The summed E-state index contributed by atoms with van der Waals surface area (Å²) >= 11 is 0. The third-order valence-electron chi connectivity index (χ3n) is 14.2. The Labute approximate surface area is 373 Å². The molecule has 1 spiro atoms. The van der Waals surface area contributed by atoms with Crippen LogP contribution in [0.4, 0.5) is 0 Å². The summed E-state index contributed by atoms with van der Waals surface area (Å²) in [5, 5.41) is 0. The topological polar surface area (TPSA) is 38.7 Å². The van der Waals surface area contributed by atoms with E-state index in [9.17, 15) is 0 Å². The summed E-state index contributed by atoms with van der Waals surface area (Å²) < 4.78 is 0. The average Bonchev–Trinajstić information content (AvgIpc) is 3.73. The molecule has 8 aromatic carbocycles. The van der Waals surface area contributed by atoms with E-state index in [2.05, 4.69) is 213 Å². The number of fused-ring (bicyclic) bond motifs is 15. The van der Waals surface area contributed by atoms with Crippen LogP contribution in [-0.2, 0) is 10.8 Å². The van der Waals surface area contributed by atoms with Crippen LogP contribution in [0.5, 0.6) is 0 Å². The van der Waals surface area contributed by atoms with Crippen LogP contribution in [0.2, 0.25) is 0 Å². The van der Waals surface area contributed by atoms with Crippen LogP contribution in [0.1, 0.15) is 47.2 Å². The molecule has 3 aliphatic carbocycles. The Morgan fingerprint density at radius 2 is 0.781 bits per heavy atom. The molecule has 0 saturated heterocycles. The molecule has 3 nitrogen and oxygen atoms in total. The zero-order valence-corrected chi connectivity index (χ0v) is 35.5. The summed E-state index contributed by atoms with van der Waals surface area (Å²) in [5.74, 6) is 0.688. The van der Waals surface area contributed by atoms with Crippen molar-refractivity contribution in [1.29, 1.82) is 0 Å². The van der Waals surface area contributed by atoms with Crippen LogP contribution < -0.4 is 0 Å². The van der Waals surface area contributed by atoms with Crippen LogP contribution >= 0.6 is 0 Å². The van der Waals surface area contributed by atoms with Gasteiger partial charge in [0.15, 0.2) is 5.82 Å². The highest BCUT2D eigenvalue weighted by molar-refractivity contribution is 5.99. The molecule has 300 valence electrons. The van der Waals surface area contributed by atoms with Crippen molar-refractivity contribution in [2.75, 3.05) is 0 Å². The number of rotatable bonds is 4. The van der Waals surface area contributed by atoms with E-state index in [0.29, 0.717) is 5.82 Å². The predicted molar refractivity (Wildman–Crippen MR) is 261 cm³/mol. The van der Waals surface area contributed by atoms with E-state index in [1.54, 1.807) is 0 Å². The molecule has 10 aromatic rings. The van der Waals surface area contributed by atoms with Gasteiger partial charge in [-0.05, 0) is 119 Å². The molecule has 0 N–H and O–H groups in total. The van der Waals surface area contributed by atoms with Crippen molar-refractivity contribution >= 4 is 0 Å². The summed E-state index contributed by atoms with van der Waals surface area (Å²) in [6.07, 6.45) is 3.71. The Bertz CT molecular complexity index is 3510. The van der Waals surface area contributed by atoms with Gasteiger partial charge in [0, 0.05) is 34.5 Å². The zero-order valence-electron chi connectivity index (χ0n) is 35.5. The molecule has 1 unspecified atom stereocenters. The highest BCUT2D eigenvalue weighted by Crippen LogP contribution is 2.64. The van der Waals surface area contributed by atoms with E-state index in [-0.39, 0.29) is 5.41 Å². The van der Waals surface area contributed by atoms with E-state index >= 15 is 0 Å². The second-order valence-corrected chi connectivity index (χ2v) is 17.9. The molecule has 3 aliphatic rings. The van der Waals surface area contributed by atoms with E-state index in [0.717, 1.165) is 39.2 Å². The second kappa shape index (κ2) is 13.7. The third-order valence-corrected chi connectivity index (χ3v) is 14.2. The highest BCUT2D eigenvalue weighted by atomic mass is 14.9. The molecule has 0 aliphatic heterocycles. The SMILES string of the molecule is CC1(C)c2ccccc2-c2cc3c(cc21)-c1ccccc1C31c2ccccc2-c2ccccc2-c2ccc(-c3nc(-c4ccccc4)cc(-c4ccc(-c5cccnc5)cc4)n3)cc21. The summed E-state index contributed by atoms with van der Waals surface area (Å²) in [7, 11) is 0. The number of pyridine rings is 1. The van der Waals surface area contributed by atoms with Gasteiger partial charge in [-0.15, -0.1) is 0 Å². The van der Waals surface area contributed by atoms with Gasteiger partial charge in [0.05, 0.1) is 16.8 Å². The van der Waals surface area contributed by atoms with Crippen molar-refractivity contribution in [3.05, 3.63) is 246 Å². The van der Waals surface area contributed by atoms with Gasteiger partial charge in [-0.25, -0.2) is 9.97 Å². The number of nitrogens with zero attached hydrogens (tertiary/aromatic N) is 3. The molecule has 1 atom stereocenters. The largest absolute Gasteiger partial charge is 0.264 e. The van der Waals surface area contributed by atoms with Gasteiger partial charge >= 0.3 is 0 Å². The smallest absolute Gasteiger partial charge is 0.160 e. The molecule has 13 rings (SSSR count). The fourth-order valence-electron chi connectivity index (χ4n) is 11.3. The zero-order chi connectivity index (χ0) is 42.6. The van der Waals surface area contributed by atoms with Crippen molar-refractivity contribution in [2.45, 2.75) is 24.7 Å². The van der Waals surface area contributed by atoms with E-state index in [4.69, 9.17) is 9.97 Å². The standard InChI is InChI=1S/C61H41N3/c1-60(2)51-23-11-8-21-46(51)49-35-56-50(34-54(49)60)47-22-10-13-25-53(47)61(56)52-24-12-9-20-45(52)43-18-6-7-19-44(43)48-31-30-41(33-55(48)61)59-63-57(39-15-4-3-5-16-39)36-58(64-59)40-28-26-38(27-29-40)42-17-14-32-62-37-42/h3-37H,1-2H3. The minimum Gasteiger partial charge on any atom is -0.264 e. The molecular formula is C61H41N3. The lowest BCUT2D eigenvalue weighted by Gasteiger charge is -2.36. The molecule has 3 heteroatoms. The fraction of sp³-hybridized carbons (Fsp3) is 0.0656. The molecule has 0 saturated carbocycles. The van der Waals surface area contributed by atoms with Crippen molar-refractivity contribution < 1.29 is 0 Å². The summed E-state index contributed by atoms with van der Waals surface area (Å²) in [4.78, 5) is 15.2. The number of hydrogen-bond donors (Lipinski definition) is 0. The highest BCUT2D eigenvalue weighted by Gasteiger charge is 2.51. The van der Waals surface area contributed by atoms with Gasteiger partial charge in [-0.3, -0.25) is 4.98 Å². The molecule has 64 heavy (non-hydrogen) atoms. The van der Waals surface area contributed by atoms with Gasteiger partial charge < -0.3 is 0 Å². The van der Waals surface area contributed by atoms with E-state index in [1.807, 2.05) is 18.5 Å². The van der Waals surface area contributed by atoms with Gasteiger partial charge in [-0.1, -0.05) is 184 Å². The van der Waals surface area contributed by atoms with Crippen molar-refractivity contribution in [1.82, 2.24) is 15.0 Å². The molecule has 0 fully saturated rings. The minimum atomic E-state index is -0.661. The van der Waals surface area contributed by atoms with Crippen LogP contribution in [0, 0.1) is 0 Å². The van der Waals surface area contributed by atoms with Crippen LogP contribution in [0.25, 0.3) is 89.5 Å². The van der Waals surface area contributed by atoms with Crippen molar-refractivity contribution in [3.8, 4) is 89.5 Å². The van der Waals surface area contributed by atoms with Crippen molar-refractivity contribution in [3.63, 3.8) is 0 Å². The Morgan fingerprint density at radius 3 is 1.44 bits per heavy atom. The van der Waals surface area contributed by atoms with Crippen LogP contribution in [0.3, 0.4) is 0 Å². The lowest BCUT2D eigenvalue weighted by atomic mass is 9.65. The normalized spacial score (nSPS) is 15.5. The monoisotopic (exact) mass is 815 g/mol. The van der Waals surface area contributed by atoms with Gasteiger partial charge in [0.2, 0.25) is 0 Å². The summed E-state index contributed by atoms with van der Waals surface area (Å²) in [6, 6.07) is 73.6. The second-order valence-electron chi connectivity index (χ2n) is 17.9. The number of hydrogen-bond acceptors (Lipinski definition) is 3. The summed E-state index contributed by atoms with van der Waals surface area (Å²) in [6.45, 7) is 4.76. The maximum absolute atomic E-state index is 5.43. The molecule has 2 heterocycles. The van der Waals surface area contributed by atoms with Crippen LogP contribution in [-0.4, -0.2) is 15.0 Å². The fourth-order valence-corrected chi connectivity index (χ4v) is 11.3. The number of aromatic nitrogens is 3. The van der Waals surface area contributed by atoms with Gasteiger partial charge in [0.1, 0.15) is 0 Å². The van der Waals surface area contributed by atoms with Gasteiger partial charge in [-0.2, -0.15) is 0 Å². The molecular weight excluding hydrogens is 775 g/mol. The molecule has 2 aromatic heterocycles. The van der Waals surface area contributed by atoms with E-state index < -0.39 is 5.41 Å². The maximum Gasteiger partial charge on any atom is 0.160 e. The first-order valence-electron chi connectivity index (χ1n) is 22.2. The molecule has 0 radical (unpaired) electrons. The van der Waals surface area contributed by atoms with Crippen molar-refractivity contribution in [2.24, 2.45) is 0 Å². The predicted octanol–water partition coefficient (Wildman–Crippen LogP) is 14.9. The van der Waals surface area contributed by atoms with Gasteiger partial charge in [0.25, 0.3) is 0 Å². The first-order valence-corrected chi connectivity index (χ1v) is 22.2. The minimum absolute atomic E-state index is 0.133. The Kier molecular flexibility index (Phi) is 7.87.